The fraction of sp³-hybridized carbons (Fsp3) is 0.562. The number of carboxylic acid groups (broad SMARTS) is 1. The zero-order valence-corrected chi connectivity index (χ0v) is 12.9. The van der Waals surface area contributed by atoms with E-state index in [0.717, 1.165) is 36.3 Å². The molecule has 1 aliphatic rings. The Labute approximate surface area is 125 Å². The maximum atomic E-state index is 10.8. The van der Waals surface area contributed by atoms with Gasteiger partial charge in [-0.25, -0.2) is 0 Å². The van der Waals surface area contributed by atoms with Crippen LogP contribution in [0.5, 0.6) is 11.5 Å². The summed E-state index contributed by atoms with van der Waals surface area (Å²) in [4.78, 5) is 13.0. The van der Waals surface area contributed by atoms with Crippen molar-refractivity contribution >= 4 is 5.97 Å². The fourth-order valence-corrected chi connectivity index (χ4v) is 2.48. The SMILES string of the molecule is COc1cc(C)c(CN(CCC(=O)O)C2CC2)cc1OC. The molecule has 1 aromatic rings. The normalized spacial score (nSPS) is 14.3. The lowest BCUT2D eigenvalue weighted by atomic mass is 10.1. The molecule has 0 heterocycles. The van der Waals surface area contributed by atoms with Crippen molar-refractivity contribution in [2.75, 3.05) is 20.8 Å². The molecular formula is C16H23NO4. The molecule has 0 radical (unpaired) electrons. The van der Waals surface area contributed by atoms with Gasteiger partial charge in [-0.1, -0.05) is 0 Å². The molecule has 0 aliphatic heterocycles. The van der Waals surface area contributed by atoms with Gasteiger partial charge in [0.1, 0.15) is 0 Å². The van der Waals surface area contributed by atoms with Crippen molar-refractivity contribution in [3.8, 4) is 11.5 Å². The second kappa shape index (κ2) is 6.80. The monoisotopic (exact) mass is 293 g/mol. The Bertz CT molecular complexity index is 511. The fourth-order valence-electron chi connectivity index (χ4n) is 2.48. The summed E-state index contributed by atoms with van der Waals surface area (Å²) in [6.07, 6.45) is 2.50. The molecule has 0 spiro atoms. The molecule has 1 aromatic carbocycles. The molecule has 0 amide bonds. The van der Waals surface area contributed by atoms with Gasteiger partial charge in [0.15, 0.2) is 11.5 Å². The molecule has 0 atom stereocenters. The smallest absolute Gasteiger partial charge is 0.304 e. The summed E-state index contributed by atoms with van der Waals surface area (Å²) in [5.41, 5.74) is 2.29. The molecule has 116 valence electrons. The Morgan fingerprint density at radius 1 is 1.29 bits per heavy atom. The van der Waals surface area contributed by atoms with Crippen molar-refractivity contribution in [2.45, 2.75) is 38.8 Å². The zero-order chi connectivity index (χ0) is 15.4. The van der Waals surface area contributed by atoms with Crippen LogP contribution in [0.25, 0.3) is 0 Å². The Balaban J connectivity index is 2.14. The summed E-state index contributed by atoms with van der Waals surface area (Å²) in [5, 5.41) is 8.87. The van der Waals surface area contributed by atoms with Crippen molar-refractivity contribution in [1.82, 2.24) is 4.90 Å². The summed E-state index contributed by atoms with van der Waals surface area (Å²) in [6.45, 7) is 3.39. The zero-order valence-electron chi connectivity index (χ0n) is 12.9. The summed E-state index contributed by atoms with van der Waals surface area (Å²) in [7, 11) is 3.25. The van der Waals surface area contributed by atoms with E-state index in [-0.39, 0.29) is 6.42 Å². The highest BCUT2D eigenvalue weighted by atomic mass is 16.5. The Morgan fingerprint density at radius 3 is 2.43 bits per heavy atom. The molecule has 0 bridgehead atoms. The summed E-state index contributed by atoms with van der Waals surface area (Å²) in [6, 6.07) is 4.48. The third-order valence-corrected chi connectivity index (χ3v) is 3.89. The van der Waals surface area contributed by atoms with Gasteiger partial charge < -0.3 is 14.6 Å². The van der Waals surface area contributed by atoms with Crippen molar-refractivity contribution in [1.29, 1.82) is 0 Å². The molecule has 5 heteroatoms. The molecule has 21 heavy (non-hydrogen) atoms. The van der Waals surface area contributed by atoms with Crippen LogP contribution in [0.15, 0.2) is 12.1 Å². The maximum absolute atomic E-state index is 10.8. The lowest BCUT2D eigenvalue weighted by Gasteiger charge is -2.23. The van der Waals surface area contributed by atoms with Crippen molar-refractivity contribution in [3.05, 3.63) is 23.3 Å². The van der Waals surface area contributed by atoms with E-state index in [0.29, 0.717) is 18.3 Å². The number of aryl methyl sites for hydroxylation is 1. The highest BCUT2D eigenvalue weighted by molar-refractivity contribution is 5.66. The van der Waals surface area contributed by atoms with Gasteiger partial charge in [-0.2, -0.15) is 0 Å². The van der Waals surface area contributed by atoms with Crippen LogP contribution in [0, 0.1) is 6.92 Å². The molecule has 0 saturated heterocycles. The van der Waals surface area contributed by atoms with E-state index >= 15 is 0 Å². The number of benzene rings is 1. The van der Waals surface area contributed by atoms with Gasteiger partial charge in [-0.3, -0.25) is 9.69 Å². The number of aliphatic carboxylic acids is 1. The Morgan fingerprint density at radius 2 is 1.90 bits per heavy atom. The van der Waals surface area contributed by atoms with Gasteiger partial charge in [-0.15, -0.1) is 0 Å². The Hall–Kier alpha value is -1.75. The number of nitrogens with zero attached hydrogens (tertiary/aromatic N) is 1. The summed E-state index contributed by atoms with van der Waals surface area (Å²) < 4.78 is 10.6. The predicted octanol–water partition coefficient (Wildman–Crippen LogP) is 2.45. The first-order chi connectivity index (χ1) is 10.0. The van der Waals surface area contributed by atoms with Crippen LogP contribution >= 0.6 is 0 Å². The van der Waals surface area contributed by atoms with Crippen LogP contribution in [-0.2, 0) is 11.3 Å². The van der Waals surface area contributed by atoms with E-state index in [1.54, 1.807) is 14.2 Å². The number of carbonyl (C=O) groups is 1. The first kappa shape index (κ1) is 15.6. The Kier molecular flexibility index (Phi) is 5.07. The quantitative estimate of drug-likeness (QED) is 0.798. The van der Waals surface area contributed by atoms with E-state index < -0.39 is 5.97 Å². The van der Waals surface area contributed by atoms with Crippen molar-refractivity contribution in [2.24, 2.45) is 0 Å². The minimum atomic E-state index is -0.746. The minimum Gasteiger partial charge on any atom is -0.493 e. The van der Waals surface area contributed by atoms with Crippen LogP contribution in [0.1, 0.15) is 30.4 Å². The second-order valence-electron chi connectivity index (χ2n) is 5.48. The lowest BCUT2D eigenvalue weighted by Crippen LogP contribution is -2.28. The number of hydrogen-bond acceptors (Lipinski definition) is 4. The highest BCUT2D eigenvalue weighted by Crippen LogP contribution is 2.33. The number of rotatable bonds is 8. The average Bonchev–Trinajstić information content (AvgIpc) is 3.28. The van der Waals surface area contributed by atoms with Crippen molar-refractivity contribution in [3.63, 3.8) is 0 Å². The van der Waals surface area contributed by atoms with Gasteiger partial charge in [0, 0.05) is 19.1 Å². The van der Waals surface area contributed by atoms with E-state index in [2.05, 4.69) is 4.90 Å². The average molecular weight is 293 g/mol. The lowest BCUT2D eigenvalue weighted by molar-refractivity contribution is -0.137. The highest BCUT2D eigenvalue weighted by Gasteiger charge is 2.29. The number of ether oxygens (including phenoxy) is 2. The van der Waals surface area contributed by atoms with Gasteiger partial charge in [-0.05, 0) is 43.0 Å². The maximum Gasteiger partial charge on any atom is 0.304 e. The van der Waals surface area contributed by atoms with Crippen LogP contribution in [0.4, 0.5) is 0 Å². The number of carboxylic acids is 1. The van der Waals surface area contributed by atoms with Gasteiger partial charge in [0.25, 0.3) is 0 Å². The first-order valence-corrected chi connectivity index (χ1v) is 7.22. The molecule has 0 unspecified atom stereocenters. The van der Waals surface area contributed by atoms with Crippen LogP contribution in [-0.4, -0.2) is 42.8 Å². The number of methoxy groups -OCH3 is 2. The molecule has 1 saturated carbocycles. The topological polar surface area (TPSA) is 59.0 Å². The van der Waals surface area contributed by atoms with Crippen molar-refractivity contribution < 1.29 is 19.4 Å². The molecule has 2 rings (SSSR count). The van der Waals surface area contributed by atoms with E-state index in [1.807, 2.05) is 19.1 Å². The minimum absolute atomic E-state index is 0.183. The van der Waals surface area contributed by atoms with E-state index in [1.165, 1.54) is 0 Å². The van der Waals surface area contributed by atoms with E-state index in [4.69, 9.17) is 14.6 Å². The molecule has 5 nitrogen and oxygen atoms in total. The van der Waals surface area contributed by atoms with Crippen LogP contribution in [0.2, 0.25) is 0 Å². The largest absolute Gasteiger partial charge is 0.493 e. The third kappa shape index (κ3) is 4.11. The van der Waals surface area contributed by atoms with E-state index in [9.17, 15) is 4.79 Å². The van der Waals surface area contributed by atoms with Gasteiger partial charge in [0.2, 0.25) is 0 Å². The molecule has 1 fully saturated rings. The summed E-state index contributed by atoms with van der Waals surface area (Å²) in [5.74, 6) is 0.694. The van der Waals surface area contributed by atoms with Gasteiger partial charge in [0.05, 0.1) is 20.6 Å². The molecular weight excluding hydrogens is 270 g/mol. The molecule has 1 aliphatic carbocycles. The predicted molar refractivity (Wildman–Crippen MR) is 80.0 cm³/mol. The van der Waals surface area contributed by atoms with Gasteiger partial charge >= 0.3 is 5.97 Å². The summed E-state index contributed by atoms with van der Waals surface area (Å²) >= 11 is 0. The first-order valence-electron chi connectivity index (χ1n) is 7.22. The number of hydrogen-bond donors (Lipinski definition) is 1. The van der Waals surface area contributed by atoms with Crippen LogP contribution in [0.3, 0.4) is 0 Å². The molecule has 1 N–H and O–H groups in total. The molecule has 0 aromatic heterocycles. The van der Waals surface area contributed by atoms with Crippen LogP contribution < -0.4 is 9.47 Å². The second-order valence-corrected chi connectivity index (χ2v) is 5.48. The third-order valence-electron chi connectivity index (χ3n) is 3.89. The standard InChI is InChI=1S/C16H23NO4/c1-11-8-14(20-2)15(21-3)9-12(11)10-17(13-4-5-13)7-6-16(18)19/h8-9,13H,4-7,10H2,1-3H3,(H,18,19).